The molecule has 4 nitrogen and oxygen atoms in total. The molecule has 122 valence electrons. The van der Waals surface area contributed by atoms with Gasteiger partial charge in [-0.2, -0.15) is 0 Å². The number of hydrogen-bond acceptors (Lipinski definition) is 3. The van der Waals surface area contributed by atoms with Crippen molar-refractivity contribution in [1.29, 1.82) is 0 Å². The van der Waals surface area contributed by atoms with Gasteiger partial charge < -0.3 is 9.64 Å². The van der Waals surface area contributed by atoms with Gasteiger partial charge in [-0.25, -0.2) is 4.79 Å². The Morgan fingerprint density at radius 2 is 2.00 bits per heavy atom. The largest absolute Gasteiger partial charge is 0.444 e. The Hall–Kier alpha value is -1.55. The van der Waals surface area contributed by atoms with Crippen molar-refractivity contribution in [2.45, 2.75) is 51.8 Å². The Labute approximate surface area is 134 Å². The first-order chi connectivity index (χ1) is 10.3. The van der Waals surface area contributed by atoms with E-state index in [0.29, 0.717) is 6.04 Å². The minimum Gasteiger partial charge on any atom is -0.444 e. The molecule has 0 bridgehead atoms. The van der Waals surface area contributed by atoms with Crippen LogP contribution in [-0.2, 0) is 11.3 Å². The van der Waals surface area contributed by atoms with Crippen molar-refractivity contribution < 1.29 is 9.53 Å². The van der Waals surface area contributed by atoms with Gasteiger partial charge in [-0.15, -0.1) is 0 Å². The summed E-state index contributed by atoms with van der Waals surface area (Å²) in [5.41, 5.74) is 0.874. The third kappa shape index (κ3) is 5.02. The Balaban J connectivity index is 1.91. The van der Waals surface area contributed by atoms with Crippen LogP contribution in [0.25, 0.3) is 0 Å². The van der Waals surface area contributed by atoms with Crippen LogP contribution in [0.15, 0.2) is 30.3 Å². The van der Waals surface area contributed by atoms with E-state index in [2.05, 4.69) is 36.2 Å². The number of nitrogens with zero attached hydrogens (tertiary/aromatic N) is 2. The van der Waals surface area contributed by atoms with Crippen molar-refractivity contribution in [2.24, 2.45) is 0 Å². The number of amides is 1. The summed E-state index contributed by atoms with van der Waals surface area (Å²) < 4.78 is 5.49. The molecule has 0 N–H and O–H groups in total. The highest BCUT2D eigenvalue weighted by atomic mass is 16.6. The van der Waals surface area contributed by atoms with Crippen LogP contribution in [0.4, 0.5) is 4.79 Å². The quantitative estimate of drug-likeness (QED) is 0.856. The van der Waals surface area contributed by atoms with Crippen molar-refractivity contribution in [1.82, 2.24) is 9.80 Å². The summed E-state index contributed by atoms with van der Waals surface area (Å²) in [6.45, 7) is 8.19. The zero-order valence-electron chi connectivity index (χ0n) is 14.2. The highest BCUT2D eigenvalue weighted by Crippen LogP contribution is 2.19. The predicted molar refractivity (Wildman–Crippen MR) is 88.7 cm³/mol. The van der Waals surface area contributed by atoms with Crippen LogP contribution in [-0.4, -0.2) is 47.7 Å². The van der Waals surface area contributed by atoms with Gasteiger partial charge >= 0.3 is 6.09 Å². The topological polar surface area (TPSA) is 32.8 Å². The van der Waals surface area contributed by atoms with E-state index in [9.17, 15) is 4.79 Å². The van der Waals surface area contributed by atoms with Crippen LogP contribution in [0.1, 0.15) is 39.2 Å². The molecular formula is C18H28N2O2. The average Bonchev–Trinajstić information content (AvgIpc) is 2.46. The fourth-order valence-electron chi connectivity index (χ4n) is 2.81. The molecule has 1 fully saturated rings. The lowest BCUT2D eigenvalue weighted by atomic mass is 10.0. The maximum Gasteiger partial charge on any atom is 0.410 e. The standard InChI is InChI=1S/C18H28N2O2/c1-18(2,3)22-17(21)20-12-8-11-16(14-20)19(4)13-15-9-6-5-7-10-15/h5-7,9-10,16H,8,11-14H2,1-4H3/t16-/m1/s1. The van der Waals surface area contributed by atoms with Gasteiger partial charge in [-0.3, -0.25) is 4.90 Å². The molecule has 1 aliphatic rings. The summed E-state index contributed by atoms with van der Waals surface area (Å²) >= 11 is 0. The minimum absolute atomic E-state index is 0.190. The number of benzene rings is 1. The van der Waals surface area contributed by atoms with Gasteiger partial charge in [-0.05, 0) is 46.2 Å². The Morgan fingerprint density at radius 1 is 1.32 bits per heavy atom. The Morgan fingerprint density at radius 3 is 2.64 bits per heavy atom. The van der Waals surface area contributed by atoms with E-state index in [1.54, 1.807) is 0 Å². The second-order valence-corrected chi connectivity index (χ2v) is 7.12. The molecule has 0 radical (unpaired) electrons. The van der Waals surface area contributed by atoms with Crippen LogP contribution in [0.5, 0.6) is 0 Å². The monoisotopic (exact) mass is 304 g/mol. The third-order valence-corrected chi connectivity index (χ3v) is 3.95. The van der Waals surface area contributed by atoms with E-state index in [1.165, 1.54) is 5.56 Å². The summed E-state index contributed by atoms with van der Waals surface area (Å²) in [7, 11) is 2.14. The summed E-state index contributed by atoms with van der Waals surface area (Å²) in [6, 6.07) is 10.8. The molecule has 22 heavy (non-hydrogen) atoms. The lowest BCUT2D eigenvalue weighted by molar-refractivity contribution is 0.0121. The van der Waals surface area contributed by atoms with E-state index in [-0.39, 0.29) is 6.09 Å². The van der Waals surface area contributed by atoms with E-state index in [4.69, 9.17) is 4.74 Å². The molecule has 0 saturated carbocycles. The van der Waals surface area contributed by atoms with Gasteiger partial charge in [-0.1, -0.05) is 30.3 Å². The normalized spacial score (nSPS) is 19.3. The second kappa shape index (κ2) is 7.14. The van der Waals surface area contributed by atoms with Gasteiger partial charge in [0.15, 0.2) is 0 Å². The Bertz CT molecular complexity index is 482. The van der Waals surface area contributed by atoms with Gasteiger partial charge in [0.1, 0.15) is 5.60 Å². The van der Waals surface area contributed by atoms with Crippen LogP contribution >= 0.6 is 0 Å². The molecule has 1 heterocycles. The van der Waals surface area contributed by atoms with E-state index < -0.39 is 5.60 Å². The first kappa shape index (κ1) is 16.8. The molecule has 1 aromatic rings. The number of likely N-dealkylation sites (N-methyl/N-ethyl adjacent to an activating group) is 1. The SMILES string of the molecule is CN(Cc1ccccc1)[C@@H]1CCCN(C(=O)OC(C)(C)C)C1. The van der Waals surface area contributed by atoms with E-state index >= 15 is 0 Å². The molecule has 0 spiro atoms. The maximum atomic E-state index is 12.2. The van der Waals surface area contributed by atoms with Crippen molar-refractivity contribution in [2.75, 3.05) is 20.1 Å². The molecule has 0 unspecified atom stereocenters. The molecule has 0 aliphatic carbocycles. The van der Waals surface area contributed by atoms with Crippen molar-refractivity contribution in [3.8, 4) is 0 Å². The lowest BCUT2D eigenvalue weighted by Crippen LogP contribution is -2.49. The molecule has 0 aromatic heterocycles. The van der Waals surface area contributed by atoms with Crippen molar-refractivity contribution in [3.05, 3.63) is 35.9 Å². The van der Waals surface area contributed by atoms with Crippen LogP contribution in [0, 0.1) is 0 Å². The number of likely N-dealkylation sites (tertiary alicyclic amines) is 1. The Kier molecular flexibility index (Phi) is 5.46. The van der Waals surface area contributed by atoms with Crippen LogP contribution < -0.4 is 0 Å². The fourth-order valence-corrected chi connectivity index (χ4v) is 2.81. The lowest BCUT2D eigenvalue weighted by Gasteiger charge is -2.38. The average molecular weight is 304 g/mol. The van der Waals surface area contributed by atoms with E-state index in [0.717, 1.165) is 32.5 Å². The second-order valence-electron chi connectivity index (χ2n) is 7.12. The molecule has 1 amide bonds. The first-order valence-electron chi connectivity index (χ1n) is 8.07. The molecule has 4 heteroatoms. The molecule has 1 aromatic carbocycles. The molecule has 1 aliphatic heterocycles. The highest BCUT2D eigenvalue weighted by molar-refractivity contribution is 5.68. The first-order valence-corrected chi connectivity index (χ1v) is 8.07. The maximum absolute atomic E-state index is 12.2. The van der Waals surface area contributed by atoms with E-state index in [1.807, 2.05) is 31.7 Å². The molecule has 2 rings (SSSR count). The zero-order chi connectivity index (χ0) is 16.2. The summed E-state index contributed by atoms with van der Waals surface area (Å²) in [6.07, 6.45) is 1.97. The number of ether oxygens (including phenoxy) is 1. The van der Waals surface area contributed by atoms with Gasteiger partial charge in [0.25, 0.3) is 0 Å². The highest BCUT2D eigenvalue weighted by Gasteiger charge is 2.29. The van der Waals surface area contributed by atoms with Crippen molar-refractivity contribution in [3.63, 3.8) is 0 Å². The molecular weight excluding hydrogens is 276 g/mol. The van der Waals surface area contributed by atoms with Gasteiger partial charge in [0, 0.05) is 25.7 Å². The molecule has 1 saturated heterocycles. The van der Waals surface area contributed by atoms with Gasteiger partial charge in [0.05, 0.1) is 0 Å². The number of hydrogen-bond donors (Lipinski definition) is 0. The van der Waals surface area contributed by atoms with Crippen molar-refractivity contribution >= 4 is 6.09 Å². The third-order valence-electron chi connectivity index (χ3n) is 3.95. The van der Waals surface area contributed by atoms with Crippen LogP contribution in [0.2, 0.25) is 0 Å². The number of carbonyl (C=O) groups excluding carboxylic acids is 1. The zero-order valence-corrected chi connectivity index (χ0v) is 14.2. The minimum atomic E-state index is -0.431. The smallest absolute Gasteiger partial charge is 0.410 e. The number of piperidine rings is 1. The summed E-state index contributed by atoms with van der Waals surface area (Å²) in [5, 5.41) is 0. The number of rotatable bonds is 3. The molecule has 1 atom stereocenters. The predicted octanol–water partition coefficient (Wildman–Crippen LogP) is 3.52. The summed E-state index contributed by atoms with van der Waals surface area (Å²) in [4.78, 5) is 16.4. The summed E-state index contributed by atoms with van der Waals surface area (Å²) in [5.74, 6) is 0. The van der Waals surface area contributed by atoms with Crippen LogP contribution in [0.3, 0.4) is 0 Å². The number of carbonyl (C=O) groups is 1. The fraction of sp³-hybridized carbons (Fsp3) is 0.611. The van der Waals surface area contributed by atoms with Gasteiger partial charge in [0.2, 0.25) is 0 Å².